The third-order valence-corrected chi connectivity index (χ3v) is 5.41. The van der Waals surface area contributed by atoms with Crippen molar-refractivity contribution in [1.82, 2.24) is 9.80 Å². The number of piperazine rings is 1. The van der Waals surface area contributed by atoms with Gasteiger partial charge < -0.3 is 4.90 Å². The number of hydrogen-bond donors (Lipinski definition) is 0. The van der Waals surface area contributed by atoms with E-state index in [1.54, 1.807) is 11.3 Å². The van der Waals surface area contributed by atoms with Crippen LogP contribution in [0.2, 0.25) is 0 Å². The van der Waals surface area contributed by atoms with E-state index in [0.717, 1.165) is 37.1 Å². The quantitative estimate of drug-likeness (QED) is 0.847. The van der Waals surface area contributed by atoms with Crippen LogP contribution in [0, 0.1) is 0 Å². The molecule has 0 spiro atoms. The van der Waals surface area contributed by atoms with E-state index in [0.29, 0.717) is 0 Å². The van der Waals surface area contributed by atoms with Gasteiger partial charge >= 0.3 is 0 Å². The van der Waals surface area contributed by atoms with E-state index in [1.807, 2.05) is 23.1 Å². The highest BCUT2D eigenvalue weighted by atomic mass is 32.1. The first-order valence-corrected chi connectivity index (χ1v) is 8.15. The lowest BCUT2D eigenvalue weighted by Gasteiger charge is -2.34. The van der Waals surface area contributed by atoms with Crippen LogP contribution in [0.25, 0.3) is 10.1 Å². The first-order valence-electron chi connectivity index (χ1n) is 7.33. The maximum absolute atomic E-state index is 12.6. The largest absolute Gasteiger partial charge is 0.335 e. The van der Waals surface area contributed by atoms with Crippen LogP contribution in [0.3, 0.4) is 0 Å². The predicted octanol–water partition coefficient (Wildman–Crippen LogP) is 2.82. The Morgan fingerprint density at radius 1 is 1.10 bits per heavy atom. The first-order chi connectivity index (χ1) is 9.81. The molecule has 0 N–H and O–H groups in total. The highest BCUT2D eigenvalue weighted by Gasteiger charge is 2.32. The Morgan fingerprint density at radius 2 is 1.85 bits per heavy atom. The fourth-order valence-electron chi connectivity index (χ4n) is 2.97. The molecule has 0 radical (unpaired) electrons. The minimum Gasteiger partial charge on any atom is -0.335 e. The Hall–Kier alpha value is -1.39. The molecule has 20 heavy (non-hydrogen) atoms. The summed E-state index contributed by atoms with van der Waals surface area (Å²) < 4.78 is 1.20. The molecule has 4 rings (SSSR count). The van der Waals surface area contributed by atoms with Gasteiger partial charge in [-0.25, -0.2) is 0 Å². The summed E-state index contributed by atoms with van der Waals surface area (Å²) in [7, 11) is 0. The molecule has 2 fully saturated rings. The molecule has 1 amide bonds. The molecule has 0 atom stereocenters. The van der Waals surface area contributed by atoms with Crippen molar-refractivity contribution in [2.24, 2.45) is 0 Å². The molecule has 1 aliphatic heterocycles. The molecule has 1 aliphatic carbocycles. The van der Waals surface area contributed by atoms with Crippen LogP contribution in [-0.2, 0) is 0 Å². The minimum atomic E-state index is 0.210. The third-order valence-electron chi connectivity index (χ3n) is 4.30. The van der Waals surface area contributed by atoms with Crippen molar-refractivity contribution in [3.63, 3.8) is 0 Å². The highest BCUT2D eigenvalue weighted by molar-refractivity contribution is 7.20. The number of carbonyl (C=O) groups excluding carboxylic acids is 1. The summed E-state index contributed by atoms with van der Waals surface area (Å²) in [5.41, 5.74) is 0. The van der Waals surface area contributed by atoms with Crippen LogP contribution in [0.15, 0.2) is 30.3 Å². The van der Waals surface area contributed by atoms with Crippen molar-refractivity contribution in [2.45, 2.75) is 18.9 Å². The van der Waals surface area contributed by atoms with Crippen molar-refractivity contribution >= 4 is 27.3 Å². The van der Waals surface area contributed by atoms with Crippen LogP contribution >= 0.6 is 11.3 Å². The number of nitrogens with zero attached hydrogens (tertiary/aromatic N) is 2. The summed E-state index contributed by atoms with van der Waals surface area (Å²) in [5.74, 6) is 0.210. The first kappa shape index (κ1) is 12.4. The molecule has 104 valence electrons. The predicted molar refractivity (Wildman–Crippen MR) is 82.3 cm³/mol. The Morgan fingerprint density at radius 3 is 2.55 bits per heavy atom. The lowest BCUT2D eigenvalue weighted by atomic mass is 10.2. The zero-order valence-corrected chi connectivity index (χ0v) is 12.2. The second-order valence-electron chi connectivity index (χ2n) is 5.71. The Bertz CT molecular complexity index is 606. The molecule has 1 saturated heterocycles. The molecular formula is C16H18N2OS. The molecule has 1 saturated carbocycles. The summed E-state index contributed by atoms with van der Waals surface area (Å²) in [6.45, 7) is 3.84. The van der Waals surface area contributed by atoms with Crippen LogP contribution in [0.5, 0.6) is 0 Å². The lowest BCUT2D eigenvalue weighted by molar-refractivity contribution is 0.0632. The molecule has 1 aromatic heterocycles. The lowest BCUT2D eigenvalue weighted by Crippen LogP contribution is -2.49. The second kappa shape index (κ2) is 4.86. The summed E-state index contributed by atoms with van der Waals surface area (Å²) >= 11 is 1.61. The number of carbonyl (C=O) groups is 1. The van der Waals surface area contributed by atoms with Gasteiger partial charge in [0.15, 0.2) is 0 Å². The van der Waals surface area contributed by atoms with E-state index < -0.39 is 0 Å². The zero-order chi connectivity index (χ0) is 13.5. The number of fused-ring (bicyclic) bond motifs is 1. The van der Waals surface area contributed by atoms with Crippen molar-refractivity contribution in [1.29, 1.82) is 0 Å². The van der Waals surface area contributed by atoms with Gasteiger partial charge in [-0.15, -0.1) is 11.3 Å². The monoisotopic (exact) mass is 286 g/mol. The normalized spacial score (nSPS) is 20.5. The standard InChI is InChI=1S/C16H18N2OS/c19-16(15-11-12-3-1-2-4-14(12)20-15)18-9-7-17(8-10-18)13-5-6-13/h1-4,11,13H,5-10H2. The average molecular weight is 286 g/mol. The van der Waals surface area contributed by atoms with Crippen molar-refractivity contribution in [3.05, 3.63) is 35.2 Å². The summed E-state index contributed by atoms with van der Waals surface area (Å²) in [4.78, 5) is 18.0. The summed E-state index contributed by atoms with van der Waals surface area (Å²) in [6.07, 6.45) is 2.70. The SMILES string of the molecule is O=C(c1cc2ccccc2s1)N1CCN(C2CC2)CC1. The molecule has 3 nitrogen and oxygen atoms in total. The van der Waals surface area contributed by atoms with Crippen molar-refractivity contribution in [3.8, 4) is 0 Å². The number of benzene rings is 1. The number of amides is 1. The van der Waals surface area contributed by atoms with Gasteiger partial charge in [-0.05, 0) is 30.4 Å². The Labute approximate surface area is 122 Å². The average Bonchev–Trinajstić information content (AvgIpc) is 3.25. The van der Waals surface area contributed by atoms with Gasteiger partial charge in [0.2, 0.25) is 0 Å². The van der Waals surface area contributed by atoms with Gasteiger partial charge in [0.25, 0.3) is 5.91 Å². The van der Waals surface area contributed by atoms with E-state index in [1.165, 1.54) is 22.9 Å². The van der Waals surface area contributed by atoms with Crippen LogP contribution in [0.1, 0.15) is 22.5 Å². The third kappa shape index (κ3) is 2.23. The minimum absolute atomic E-state index is 0.210. The van der Waals surface area contributed by atoms with Crippen molar-refractivity contribution < 1.29 is 4.79 Å². The summed E-state index contributed by atoms with van der Waals surface area (Å²) in [6, 6.07) is 11.1. The maximum atomic E-state index is 12.6. The van der Waals surface area contributed by atoms with Crippen molar-refractivity contribution in [2.75, 3.05) is 26.2 Å². The molecule has 0 bridgehead atoms. The molecule has 2 aromatic rings. The second-order valence-corrected chi connectivity index (χ2v) is 6.79. The van der Waals surface area contributed by atoms with E-state index >= 15 is 0 Å². The fourth-order valence-corrected chi connectivity index (χ4v) is 4.00. The van der Waals surface area contributed by atoms with Gasteiger partial charge in [0.05, 0.1) is 4.88 Å². The highest BCUT2D eigenvalue weighted by Crippen LogP contribution is 2.29. The van der Waals surface area contributed by atoms with E-state index in [-0.39, 0.29) is 5.91 Å². The molecule has 0 unspecified atom stereocenters. The number of hydrogen-bond acceptors (Lipinski definition) is 3. The summed E-state index contributed by atoms with van der Waals surface area (Å²) in [5, 5.41) is 1.18. The van der Waals surface area contributed by atoms with Gasteiger partial charge in [-0.3, -0.25) is 9.69 Å². The molecule has 4 heteroatoms. The Balaban J connectivity index is 1.49. The van der Waals surface area contributed by atoms with Gasteiger partial charge in [-0.1, -0.05) is 18.2 Å². The van der Waals surface area contributed by atoms with Gasteiger partial charge in [0.1, 0.15) is 0 Å². The van der Waals surface area contributed by atoms with E-state index in [2.05, 4.69) is 17.0 Å². The van der Waals surface area contributed by atoms with Crippen LogP contribution in [0.4, 0.5) is 0 Å². The van der Waals surface area contributed by atoms with Gasteiger partial charge in [0, 0.05) is 36.9 Å². The fraction of sp³-hybridized carbons (Fsp3) is 0.438. The number of thiophene rings is 1. The smallest absolute Gasteiger partial charge is 0.264 e. The van der Waals surface area contributed by atoms with E-state index in [4.69, 9.17) is 0 Å². The number of rotatable bonds is 2. The van der Waals surface area contributed by atoms with Gasteiger partial charge in [-0.2, -0.15) is 0 Å². The van der Waals surface area contributed by atoms with Crippen LogP contribution in [-0.4, -0.2) is 47.9 Å². The topological polar surface area (TPSA) is 23.6 Å². The Kier molecular flexibility index (Phi) is 3.00. The molecule has 2 aliphatic rings. The van der Waals surface area contributed by atoms with Crippen LogP contribution < -0.4 is 0 Å². The maximum Gasteiger partial charge on any atom is 0.264 e. The van der Waals surface area contributed by atoms with E-state index in [9.17, 15) is 4.79 Å². The zero-order valence-electron chi connectivity index (χ0n) is 11.4. The molecule has 2 heterocycles. The molecule has 1 aromatic carbocycles. The molecular weight excluding hydrogens is 268 g/mol.